The number of anilines is 1. The maximum Gasteiger partial charge on any atom is 0.260 e. The Hall–Kier alpha value is -2.49. The van der Waals surface area contributed by atoms with Gasteiger partial charge in [-0.1, -0.05) is 36.4 Å². The molecule has 0 aliphatic heterocycles. The van der Waals surface area contributed by atoms with E-state index in [1.807, 2.05) is 18.2 Å². The van der Waals surface area contributed by atoms with E-state index in [2.05, 4.69) is 12.1 Å². The number of carbonyl (C=O) groups is 1. The molecule has 4 heteroatoms. The Labute approximate surface area is 125 Å². The van der Waals surface area contributed by atoms with E-state index in [-0.39, 0.29) is 12.5 Å². The molecule has 0 aliphatic carbocycles. The van der Waals surface area contributed by atoms with Gasteiger partial charge in [-0.2, -0.15) is 0 Å². The lowest BCUT2D eigenvalue weighted by molar-refractivity contribution is -0.132. The number of carbonyl (C=O) groups excluding carboxylic acids is 1. The number of hydrogen-bond donors (Lipinski definition) is 1. The van der Waals surface area contributed by atoms with Gasteiger partial charge in [-0.3, -0.25) is 4.79 Å². The fraction of sp³-hybridized carbons (Fsp3) is 0.235. The van der Waals surface area contributed by atoms with E-state index in [1.165, 1.54) is 5.56 Å². The maximum atomic E-state index is 12.0. The van der Waals surface area contributed by atoms with Gasteiger partial charge in [0.2, 0.25) is 0 Å². The largest absolute Gasteiger partial charge is 0.484 e. The SMILES string of the molecule is CN(CCc1ccccc1)C(=O)COc1cccc(N)c1. The van der Waals surface area contributed by atoms with Gasteiger partial charge in [-0.05, 0) is 24.1 Å². The van der Waals surface area contributed by atoms with Crippen LogP contribution in [0.1, 0.15) is 5.56 Å². The summed E-state index contributed by atoms with van der Waals surface area (Å²) in [4.78, 5) is 13.7. The van der Waals surface area contributed by atoms with Crippen LogP contribution in [0.2, 0.25) is 0 Å². The average molecular weight is 284 g/mol. The van der Waals surface area contributed by atoms with Gasteiger partial charge >= 0.3 is 0 Å². The summed E-state index contributed by atoms with van der Waals surface area (Å²) in [6.45, 7) is 0.692. The molecule has 1 amide bonds. The molecule has 0 atom stereocenters. The molecule has 0 unspecified atom stereocenters. The van der Waals surface area contributed by atoms with Crippen molar-refractivity contribution in [3.8, 4) is 5.75 Å². The first kappa shape index (κ1) is 14.9. The number of nitrogen functional groups attached to an aromatic ring is 1. The summed E-state index contributed by atoms with van der Waals surface area (Å²) in [6, 6.07) is 17.2. The smallest absolute Gasteiger partial charge is 0.260 e. The molecule has 21 heavy (non-hydrogen) atoms. The summed E-state index contributed by atoms with van der Waals surface area (Å²) in [5.74, 6) is 0.563. The van der Waals surface area contributed by atoms with Crippen molar-refractivity contribution in [2.24, 2.45) is 0 Å². The van der Waals surface area contributed by atoms with Crippen molar-refractivity contribution in [3.63, 3.8) is 0 Å². The topological polar surface area (TPSA) is 55.6 Å². The van der Waals surface area contributed by atoms with Crippen LogP contribution in [0.5, 0.6) is 5.75 Å². The van der Waals surface area contributed by atoms with Crippen LogP contribution >= 0.6 is 0 Å². The number of benzene rings is 2. The Bertz CT molecular complexity index is 584. The molecule has 2 aromatic carbocycles. The highest BCUT2D eigenvalue weighted by atomic mass is 16.5. The first-order chi connectivity index (χ1) is 10.1. The summed E-state index contributed by atoms with van der Waals surface area (Å²) in [5.41, 5.74) is 7.50. The van der Waals surface area contributed by atoms with Gasteiger partial charge in [-0.15, -0.1) is 0 Å². The van der Waals surface area contributed by atoms with Gasteiger partial charge in [0.15, 0.2) is 6.61 Å². The van der Waals surface area contributed by atoms with Crippen LogP contribution in [0.3, 0.4) is 0 Å². The van der Waals surface area contributed by atoms with E-state index in [0.29, 0.717) is 18.0 Å². The Kier molecular flexibility index (Phi) is 5.21. The number of amides is 1. The molecule has 0 spiro atoms. The van der Waals surface area contributed by atoms with Crippen molar-refractivity contribution >= 4 is 11.6 Å². The van der Waals surface area contributed by atoms with Crippen molar-refractivity contribution in [2.75, 3.05) is 25.9 Å². The monoisotopic (exact) mass is 284 g/mol. The number of ether oxygens (including phenoxy) is 1. The van der Waals surface area contributed by atoms with Crippen molar-refractivity contribution in [3.05, 3.63) is 60.2 Å². The van der Waals surface area contributed by atoms with Crippen LogP contribution in [0.25, 0.3) is 0 Å². The highest BCUT2D eigenvalue weighted by Gasteiger charge is 2.09. The number of rotatable bonds is 6. The predicted octanol–water partition coefficient (Wildman–Crippen LogP) is 2.35. The quantitative estimate of drug-likeness (QED) is 0.828. The normalized spacial score (nSPS) is 10.1. The Morgan fingerprint density at radius 2 is 1.90 bits per heavy atom. The Morgan fingerprint density at radius 1 is 1.14 bits per heavy atom. The standard InChI is InChI=1S/C17H20N2O2/c1-19(11-10-14-6-3-2-4-7-14)17(20)13-21-16-9-5-8-15(18)12-16/h2-9,12H,10-11,13,18H2,1H3. The van der Waals surface area contributed by atoms with E-state index in [0.717, 1.165) is 6.42 Å². The molecule has 2 N–H and O–H groups in total. The van der Waals surface area contributed by atoms with Crippen LogP contribution in [-0.2, 0) is 11.2 Å². The minimum Gasteiger partial charge on any atom is -0.484 e. The fourth-order valence-electron chi connectivity index (χ4n) is 1.93. The maximum absolute atomic E-state index is 12.0. The third kappa shape index (κ3) is 4.84. The van der Waals surface area contributed by atoms with Crippen molar-refractivity contribution in [1.29, 1.82) is 0 Å². The second-order valence-corrected chi connectivity index (χ2v) is 4.91. The van der Waals surface area contributed by atoms with Gasteiger partial charge < -0.3 is 15.4 Å². The van der Waals surface area contributed by atoms with Gasteiger partial charge in [0, 0.05) is 25.3 Å². The van der Waals surface area contributed by atoms with Crippen molar-refractivity contribution < 1.29 is 9.53 Å². The van der Waals surface area contributed by atoms with Crippen molar-refractivity contribution in [2.45, 2.75) is 6.42 Å². The zero-order chi connectivity index (χ0) is 15.1. The average Bonchev–Trinajstić information content (AvgIpc) is 2.51. The lowest BCUT2D eigenvalue weighted by Crippen LogP contribution is -2.33. The molecule has 0 saturated carbocycles. The molecule has 0 aliphatic rings. The second-order valence-electron chi connectivity index (χ2n) is 4.91. The molecule has 4 nitrogen and oxygen atoms in total. The molecular weight excluding hydrogens is 264 g/mol. The predicted molar refractivity (Wildman–Crippen MR) is 84.1 cm³/mol. The molecule has 0 heterocycles. The molecule has 2 rings (SSSR count). The lowest BCUT2D eigenvalue weighted by Gasteiger charge is -2.17. The summed E-state index contributed by atoms with van der Waals surface area (Å²) in [5, 5.41) is 0. The first-order valence-corrected chi connectivity index (χ1v) is 6.91. The fourth-order valence-corrected chi connectivity index (χ4v) is 1.93. The third-order valence-electron chi connectivity index (χ3n) is 3.22. The van der Waals surface area contributed by atoms with E-state index in [1.54, 1.807) is 36.2 Å². The van der Waals surface area contributed by atoms with Gasteiger partial charge in [-0.25, -0.2) is 0 Å². The highest BCUT2D eigenvalue weighted by Crippen LogP contribution is 2.14. The molecule has 0 saturated heterocycles. The molecule has 0 fully saturated rings. The number of likely N-dealkylation sites (N-methyl/N-ethyl adjacent to an activating group) is 1. The second kappa shape index (κ2) is 7.33. The molecule has 0 radical (unpaired) electrons. The molecule has 2 aromatic rings. The minimum atomic E-state index is -0.0478. The zero-order valence-corrected chi connectivity index (χ0v) is 12.2. The zero-order valence-electron chi connectivity index (χ0n) is 12.2. The molecular formula is C17H20N2O2. The summed E-state index contributed by atoms with van der Waals surface area (Å²) >= 11 is 0. The summed E-state index contributed by atoms with van der Waals surface area (Å²) < 4.78 is 5.45. The molecule has 110 valence electrons. The summed E-state index contributed by atoms with van der Waals surface area (Å²) in [7, 11) is 1.79. The summed E-state index contributed by atoms with van der Waals surface area (Å²) in [6.07, 6.45) is 0.835. The van der Waals surface area contributed by atoms with E-state index in [9.17, 15) is 4.79 Å². The van der Waals surface area contributed by atoms with Crippen molar-refractivity contribution in [1.82, 2.24) is 4.90 Å². The highest BCUT2D eigenvalue weighted by molar-refractivity contribution is 5.77. The van der Waals surface area contributed by atoms with E-state index >= 15 is 0 Å². The van der Waals surface area contributed by atoms with Crippen LogP contribution < -0.4 is 10.5 Å². The van der Waals surface area contributed by atoms with Crippen LogP contribution in [0.15, 0.2) is 54.6 Å². The third-order valence-corrected chi connectivity index (χ3v) is 3.22. The van der Waals surface area contributed by atoms with E-state index < -0.39 is 0 Å². The van der Waals surface area contributed by atoms with Crippen LogP contribution in [0, 0.1) is 0 Å². The van der Waals surface area contributed by atoms with Gasteiger partial charge in [0.05, 0.1) is 0 Å². The molecule has 0 bridgehead atoms. The minimum absolute atomic E-state index is 0.0226. The van der Waals surface area contributed by atoms with Crippen LogP contribution in [0.4, 0.5) is 5.69 Å². The van der Waals surface area contributed by atoms with Gasteiger partial charge in [0.1, 0.15) is 5.75 Å². The van der Waals surface area contributed by atoms with Crippen LogP contribution in [-0.4, -0.2) is 31.0 Å². The Morgan fingerprint density at radius 3 is 2.62 bits per heavy atom. The number of nitrogens with two attached hydrogens (primary N) is 1. The lowest BCUT2D eigenvalue weighted by atomic mass is 10.1. The molecule has 0 aromatic heterocycles. The first-order valence-electron chi connectivity index (χ1n) is 6.91. The van der Waals surface area contributed by atoms with Gasteiger partial charge in [0.25, 0.3) is 5.91 Å². The van der Waals surface area contributed by atoms with E-state index in [4.69, 9.17) is 10.5 Å². The number of nitrogens with zero attached hydrogens (tertiary/aromatic N) is 1. The number of hydrogen-bond acceptors (Lipinski definition) is 3. The Balaban J connectivity index is 1.77.